The van der Waals surface area contributed by atoms with Crippen molar-refractivity contribution in [1.82, 2.24) is 15.5 Å². The fourth-order valence-electron chi connectivity index (χ4n) is 2.08. The van der Waals surface area contributed by atoms with Gasteiger partial charge in [0.2, 0.25) is 5.89 Å². The molecule has 0 saturated carbocycles. The maximum absolute atomic E-state index is 5.67. The highest BCUT2D eigenvalue weighted by atomic mass is 16.5. The molecule has 0 amide bonds. The lowest BCUT2D eigenvalue weighted by atomic mass is 10.1. The Bertz CT molecular complexity index is 346. The highest BCUT2D eigenvalue weighted by Gasteiger charge is 2.17. The van der Waals surface area contributed by atoms with Crippen LogP contribution in [0.2, 0.25) is 0 Å². The van der Waals surface area contributed by atoms with E-state index in [1.54, 1.807) is 0 Å². The van der Waals surface area contributed by atoms with Crippen molar-refractivity contribution in [2.24, 2.45) is 5.92 Å². The van der Waals surface area contributed by atoms with Crippen LogP contribution in [0, 0.1) is 5.92 Å². The van der Waals surface area contributed by atoms with Gasteiger partial charge >= 0.3 is 0 Å². The summed E-state index contributed by atoms with van der Waals surface area (Å²) >= 11 is 0. The van der Waals surface area contributed by atoms with Crippen LogP contribution in [0.4, 0.5) is 0 Å². The second-order valence-corrected chi connectivity index (χ2v) is 5.32. The van der Waals surface area contributed by atoms with Crippen LogP contribution in [0.15, 0.2) is 4.52 Å². The molecule has 1 aromatic rings. The minimum Gasteiger partial charge on any atom is -0.378 e. The van der Waals surface area contributed by atoms with Gasteiger partial charge in [-0.15, -0.1) is 0 Å². The van der Waals surface area contributed by atoms with E-state index in [1.165, 1.54) is 12.8 Å². The number of ether oxygens (including phenoxy) is 1. The third-order valence-electron chi connectivity index (χ3n) is 3.02. The maximum Gasteiger partial charge on any atom is 0.240 e. The van der Waals surface area contributed by atoms with Gasteiger partial charge in [-0.25, -0.2) is 0 Å². The van der Waals surface area contributed by atoms with Crippen molar-refractivity contribution in [1.29, 1.82) is 0 Å². The third-order valence-corrected chi connectivity index (χ3v) is 3.02. The van der Waals surface area contributed by atoms with E-state index < -0.39 is 0 Å². The molecule has 1 fully saturated rings. The van der Waals surface area contributed by atoms with E-state index in [2.05, 4.69) is 29.3 Å². The summed E-state index contributed by atoms with van der Waals surface area (Å²) in [7, 11) is 0. The maximum atomic E-state index is 5.67. The summed E-state index contributed by atoms with van der Waals surface area (Å²) in [5, 5.41) is 7.29. The van der Waals surface area contributed by atoms with Gasteiger partial charge in [0.15, 0.2) is 5.82 Å². The van der Waals surface area contributed by atoms with Crippen LogP contribution in [0.1, 0.15) is 44.8 Å². The Hall–Kier alpha value is -0.940. The summed E-state index contributed by atoms with van der Waals surface area (Å²) in [5.74, 6) is 2.06. The van der Waals surface area contributed by atoms with E-state index in [0.717, 1.165) is 31.8 Å². The molecule has 1 atom stereocenters. The minimum atomic E-state index is 0.271. The SMILES string of the molecule is CC(C)CNCc1nc(CC2CCCCO2)no1. The molecule has 5 nitrogen and oxygen atoms in total. The van der Waals surface area contributed by atoms with Crippen LogP contribution in [-0.4, -0.2) is 29.4 Å². The van der Waals surface area contributed by atoms with Crippen molar-refractivity contribution in [3.8, 4) is 0 Å². The van der Waals surface area contributed by atoms with E-state index >= 15 is 0 Å². The zero-order valence-electron chi connectivity index (χ0n) is 11.3. The quantitative estimate of drug-likeness (QED) is 0.839. The molecule has 18 heavy (non-hydrogen) atoms. The average Bonchev–Trinajstić information content (AvgIpc) is 2.78. The van der Waals surface area contributed by atoms with E-state index in [0.29, 0.717) is 18.4 Å². The fraction of sp³-hybridized carbons (Fsp3) is 0.846. The minimum absolute atomic E-state index is 0.271. The Morgan fingerprint density at radius 2 is 2.28 bits per heavy atom. The second-order valence-electron chi connectivity index (χ2n) is 5.32. The molecule has 1 unspecified atom stereocenters. The number of hydrogen-bond acceptors (Lipinski definition) is 5. The molecule has 2 rings (SSSR count). The normalized spacial score (nSPS) is 20.5. The second kappa shape index (κ2) is 6.85. The molecule has 1 aliphatic heterocycles. The molecule has 0 spiro atoms. The van der Waals surface area contributed by atoms with Crippen molar-refractivity contribution < 1.29 is 9.26 Å². The first-order valence-corrected chi connectivity index (χ1v) is 6.88. The molecule has 0 aliphatic carbocycles. The zero-order chi connectivity index (χ0) is 12.8. The average molecular weight is 253 g/mol. The first-order chi connectivity index (χ1) is 8.74. The molecule has 1 aliphatic rings. The topological polar surface area (TPSA) is 60.2 Å². The Labute approximate surface area is 108 Å². The van der Waals surface area contributed by atoms with Crippen molar-refractivity contribution in [2.75, 3.05) is 13.2 Å². The van der Waals surface area contributed by atoms with Crippen LogP contribution in [0.5, 0.6) is 0 Å². The van der Waals surface area contributed by atoms with E-state index in [9.17, 15) is 0 Å². The summed E-state index contributed by atoms with van der Waals surface area (Å²) in [6, 6.07) is 0. The summed E-state index contributed by atoms with van der Waals surface area (Å²) in [6.07, 6.45) is 4.56. The molecule has 5 heteroatoms. The largest absolute Gasteiger partial charge is 0.378 e. The van der Waals surface area contributed by atoms with E-state index in [-0.39, 0.29) is 6.10 Å². The number of nitrogens with zero attached hydrogens (tertiary/aromatic N) is 2. The summed E-state index contributed by atoms with van der Waals surface area (Å²) < 4.78 is 10.9. The van der Waals surface area contributed by atoms with Crippen LogP contribution in [0.25, 0.3) is 0 Å². The van der Waals surface area contributed by atoms with Gasteiger partial charge in [-0.3, -0.25) is 0 Å². The molecular weight excluding hydrogens is 230 g/mol. The Morgan fingerprint density at radius 3 is 3.00 bits per heavy atom. The molecule has 1 saturated heterocycles. The summed E-state index contributed by atoms with van der Waals surface area (Å²) in [6.45, 7) is 6.82. The number of rotatable bonds is 6. The lowest BCUT2D eigenvalue weighted by Gasteiger charge is -2.20. The third kappa shape index (κ3) is 4.38. The van der Waals surface area contributed by atoms with Crippen molar-refractivity contribution in [2.45, 2.75) is 52.2 Å². The van der Waals surface area contributed by atoms with Gasteiger partial charge < -0.3 is 14.6 Å². The predicted octanol–water partition coefficient (Wildman–Crippen LogP) is 1.93. The molecular formula is C13H23N3O2. The Balaban J connectivity index is 1.74. The lowest BCUT2D eigenvalue weighted by molar-refractivity contribution is 0.0153. The highest BCUT2D eigenvalue weighted by Crippen LogP contribution is 2.15. The van der Waals surface area contributed by atoms with Crippen LogP contribution in [-0.2, 0) is 17.7 Å². The molecule has 2 heterocycles. The molecule has 0 bridgehead atoms. The van der Waals surface area contributed by atoms with Gasteiger partial charge in [-0.1, -0.05) is 19.0 Å². The van der Waals surface area contributed by atoms with Gasteiger partial charge in [-0.2, -0.15) is 4.98 Å². The van der Waals surface area contributed by atoms with E-state index in [4.69, 9.17) is 9.26 Å². The fourth-order valence-corrected chi connectivity index (χ4v) is 2.08. The zero-order valence-corrected chi connectivity index (χ0v) is 11.3. The monoisotopic (exact) mass is 253 g/mol. The summed E-state index contributed by atoms with van der Waals surface area (Å²) in [4.78, 5) is 4.38. The lowest BCUT2D eigenvalue weighted by Crippen LogP contribution is -2.22. The number of nitrogens with one attached hydrogen (secondary N) is 1. The molecule has 102 valence electrons. The Kier molecular flexibility index (Phi) is 5.13. The highest BCUT2D eigenvalue weighted by molar-refractivity contribution is 4.89. The first-order valence-electron chi connectivity index (χ1n) is 6.88. The van der Waals surface area contributed by atoms with Crippen molar-refractivity contribution in [3.05, 3.63) is 11.7 Å². The number of aromatic nitrogens is 2. The van der Waals surface area contributed by atoms with Crippen LogP contribution >= 0.6 is 0 Å². The van der Waals surface area contributed by atoms with Crippen molar-refractivity contribution in [3.63, 3.8) is 0 Å². The smallest absolute Gasteiger partial charge is 0.240 e. The predicted molar refractivity (Wildman–Crippen MR) is 68.1 cm³/mol. The van der Waals surface area contributed by atoms with Gasteiger partial charge in [0.1, 0.15) is 0 Å². The standard InChI is InChI=1S/C13H23N3O2/c1-10(2)8-14-9-13-15-12(16-18-13)7-11-5-3-4-6-17-11/h10-11,14H,3-9H2,1-2H3. The van der Waals surface area contributed by atoms with Gasteiger partial charge in [0, 0.05) is 13.0 Å². The molecule has 1 N–H and O–H groups in total. The van der Waals surface area contributed by atoms with Gasteiger partial charge in [0.25, 0.3) is 0 Å². The van der Waals surface area contributed by atoms with Crippen LogP contribution < -0.4 is 5.32 Å². The molecule has 0 aromatic carbocycles. The summed E-state index contributed by atoms with van der Waals surface area (Å²) in [5.41, 5.74) is 0. The van der Waals surface area contributed by atoms with Crippen LogP contribution in [0.3, 0.4) is 0 Å². The van der Waals surface area contributed by atoms with E-state index in [1.807, 2.05) is 0 Å². The van der Waals surface area contributed by atoms with Gasteiger partial charge in [0.05, 0.1) is 12.6 Å². The Morgan fingerprint density at radius 1 is 1.39 bits per heavy atom. The molecule has 0 radical (unpaired) electrons. The first kappa shape index (κ1) is 13.5. The number of hydrogen-bond donors (Lipinski definition) is 1. The van der Waals surface area contributed by atoms with Gasteiger partial charge in [-0.05, 0) is 31.7 Å². The van der Waals surface area contributed by atoms with Crippen molar-refractivity contribution >= 4 is 0 Å². The molecule has 1 aromatic heterocycles.